The average Bonchev–Trinajstić information content (AvgIpc) is 3.21. The first kappa shape index (κ1) is 21.0. The molecular formula is C23H24ClNO4. The Morgan fingerprint density at radius 1 is 1.03 bits per heavy atom. The Morgan fingerprint density at radius 2 is 1.79 bits per heavy atom. The number of carbonyl (C=O) groups excluding carboxylic acids is 1. The van der Waals surface area contributed by atoms with Crippen LogP contribution < -0.4 is 4.74 Å². The number of rotatable bonds is 10. The van der Waals surface area contributed by atoms with E-state index in [4.69, 9.17) is 25.5 Å². The first-order chi connectivity index (χ1) is 14.1. The topological polar surface area (TPSA) is 51.9 Å². The fourth-order valence-electron chi connectivity index (χ4n) is 3.02. The molecule has 152 valence electrons. The molecule has 0 aliphatic rings. The van der Waals surface area contributed by atoms with Crippen molar-refractivity contribution in [3.05, 3.63) is 89.3 Å². The van der Waals surface area contributed by atoms with Crippen LogP contribution in [0.5, 0.6) is 5.75 Å². The molecule has 0 aliphatic carbocycles. The van der Waals surface area contributed by atoms with Gasteiger partial charge in [-0.05, 0) is 42.0 Å². The summed E-state index contributed by atoms with van der Waals surface area (Å²) in [6.45, 7) is 3.44. The number of hydrogen-bond donors (Lipinski definition) is 0. The van der Waals surface area contributed by atoms with Crippen LogP contribution in [-0.4, -0.2) is 30.1 Å². The summed E-state index contributed by atoms with van der Waals surface area (Å²) in [7, 11) is 0. The molecule has 0 amide bonds. The molecule has 0 N–H and O–H groups in total. The quantitative estimate of drug-likeness (QED) is 0.440. The molecule has 0 spiro atoms. The zero-order chi connectivity index (χ0) is 20.5. The van der Waals surface area contributed by atoms with Crippen LogP contribution >= 0.6 is 11.6 Å². The van der Waals surface area contributed by atoms with Crippen molar-refractivity contribution in [2.24, 2.45) is 0 Å². The summed E-state index contributed by atoms with van der Waals surface area (Å²) >= 11 is 5.92. The second kappa shape index (κ2) is 10.7. The van der Waals surface area contributed by atoms with E-state index in [1.165, 1.54) is 12.5 Å². The number of ether oxygens (including phenoxy) is 2. The maximum Gasteiger partial charge on any atom is 0.303 e. The Hall–Kier alpha value is -2.76. The minimum absolute atomic E-state index is 0.241. The van der Waals surface area contributed by atoms with E-state index in [1.807, 2.05) is 30.3 Å². The number of nitrogens with zero attached hydrogens (tertiary/aromatic N) is 1. The van der Waals surface area contributed by atoms with Gasteiger partial charge in [-0.3, -0.25) is 9.69 Å². The molecule has 0 unspecified atom stereocenters. The predicted octanol–water partition coefficient (Wildman–Crippen LogP) is 4.95. The third-order valence-electron chi connectivity index (χ3n) is 4.25. The molecule has 0 radical (unpaired) electrons. The Labute approximate surface area is 175 Å². The molecule has 5 nitrogen and oxygen atoms in total. The van der Waals surface area contributed by atoms with Gasteiger partial charge in [-0.1, -0.05) is 41.9 Å². The van der Waals surface area contributed by atoms with Crippen LogP contribution in [-0.2, 0) is 22.6 Å². The molecule has 0 saturated carbocycles. The normalized spacial score (nSPS) is 12.0. The molecule has 0 bridgehead atoms. The Bertz CT molecular complexity index is 866. The van der Waals surface area contributed by atoms with Gasteiger partial charge in [-0.25, -0.2) is 0 Å². The van der Waals surface area contributed by atoms with Crippen LogP contribution in [0.15, 0.2) is 77.4 Å². The maximum atomic E-state index is 11.6. The highest BCUT2D eigenvalue weighted by atomic mass is 35.5. The Morgan fingerprint density at radius 3 is 2.45 bits per heavy atom. The minimum Gasteiger partial charge on any atom is -0.490 e. The maximum absolute atomic E-state index is 11.6. The van der Waals surface area contributed by atoms with Gasteiger partial charge < -0.3 is 13.9 Å². The van der Waals surface area contributed by atoms with Gasteiger partial charge in [0.15, 0.2) is 0 Å². The molecule has 0 fully saturated rings. The lowest BCUT2D eigenvalue weighted by Crippen LogP contribution is -2.37. The van der Waals surface area contributed by atoms with Gasteiger partial charge in [-0.2, -0.15) is 0 Å². The number of esters is 1. The molecule has 6 heteroatoms. The lowest BCUT2D eigenvalue weighted by molar-refractivity contribution is -0.149. The van der Waals surface area contributed by atoms with E-state index in [1.54, 1.807) is 30.5 Å². The van der Waals surface area contributed by atoms with Gasteiger partial charge in [0.2, 0.25) is 0 Å². The molecule has 3 rings (SSSR count). The molecule has 0 saturated heterocycles. The largest absolute Gasteiger partial charge is 0.490 e. The molecule has 1 atom stereocenters. The number of carbonyl (C=O) groups is 1. The minimum atomic E-state index is -0.429. The van der Waals surface area contributed by atoms with Gasteiger partial charge in [-0.15, -0.1) is 0 Å². The van der Waals surface area contributed by atoms with Crippen LogP contribution in [0.2, 0.25) is 5.02 Å². The van der Waals surface area contributed by atoms with Crippen LogP contribution in [0, 0.1) is 0 Å². The third-order valence-corrected chi connectivity index (χ3v) is 4.50. The molecular weight excluding hydrogens is 390 g/mol. The lowest BCUT2D eigenvalue weighted by Gasteiger charge is -2.27. The van der Waals surface area contributed by atoms with Gasteiger partial charge in [0.05, 0.1) is 12.8 Å². The monoisotopic (exact) mass is 413 g/mol. The number of benzene rings is 2. The summed E-state index contributed by atoms with van der Waals surface area (Å²) in [4.78, 5) is 13.8. The Balaban J connectivity index is 1.68. The molecule has 1 aromatic heterocycles. The second-order valence-corrected chi connectivity index (χ2v) is 7.17. The summed E-state index contributed by atoms with van der Waals surface area (Å²) < 4.78 is 16.9. The first-order valence-corrected chi connectivity index (χ1v) is 9.80. The van der Waals surface area contributed by atoms with Crippen molar-refractivity contribution in [2.75, 3.05) is 13.2 Å². The summed E-state index contributed by atoms with van der Waals surface area (Å²) in [6, 6.07) is 21.0. The highest BCUT2D eigenvalue weighted by Crippen LogP contribution is 2.17. The average molecular weight is 414 g/mol. The molecule has 0 aliphatic heterocycles. The highest BCUT2D eigenvalue weighted by Gasteiger charge is 2.19. The molecule has 29 heavy (non-hydrogen) atoms. The summed E-state index contributed by atoms with van der Waals surface area (Å²) in [5.41, 5.74) is 1.17. The molecule has 1 heterocycles. The van der Waals surface area contributed by atoms with Crippen molar-refractivity contribution in [1.29, 1.82) is 0 Å². The second-order valence-electron chi connectivity index (χ2n) is 6.73. The smallest absolute Gasteiger partial charge is 0.303 e. The SMILES string of the molecule is CC(=O)O[C@@H](COc1ccc(Cl)cc1)CN(Cc1ccccc1)Cc1ccco1. The van der Waals surface area contributed by atoms with E-state index in [9.17, 15) is 4.79 Å². The van der Waals surface area contributed by atoms with E-state index in [-0.39, 0.29) is 12.6 Å². The van der Waals surface area contributed by atoms with E-state index < -0.39 is 6.10 Å². The summed E-state index contributed by atoms with van der Waals surface area (Å²) in [5.74, 6) is 1.18. The fourth-order valence-corrected chi connectivity index (χ4v) is 3.14. The molecule has 2 aromatic carbocycles. The van der Waals surface area contributed by atoms with Crippen molar-refractivity contribution in [3.63, 3.8) is 0 Å². The van der Waals surface area contributed by atoms with E-state index in [0.717, 1.165) is 5.76 Å². The van der Waals surface area contributed by atoms with Crippen LogP contribution in [0.3, 0.4) is 0 Å². The van der Waals surface area contributed by atoms with Crippen LogP contribution in [0.1, 0.15) is 18.2 Å². The van der Waals surface area contributed by atoms with Crippen LogP contribution in [0.4, 0.5) is 0 Å². The van der Waals surface area contributed by atoms with Crippen LogP contribution in [0.25, 0.3) is 0 Å². The van der Waals surface area contributed by atoms with Crippen molar-refractivity contribution in [1.82, 2.24) is 4.90 Å². The van der Waals surface area contributed by atoms with Gasteiger partial charge >= 0.3 is 5.97 Å². The molecule has 3 aromatic rings. The Kier molecular flexibility index (Phi) is 7.73. The van der Waals surface area contributed by atoms with Gasteiger partial charge in [0, 0.05) is 25.0 Å². The van der Waals surface area contributed by atoms with Crippen molar-refractivity contribution >= 4 is 17.6 Å². The third kappa shape index (κ3) is 7.29. The van der Waals surface area contributed by atoms with Crippen molar-refractivity contribution < 1.29 is 18.7 Å². The number of hydrogen-bond acceptors (Lipinski definition) is 5. The first-order valence-electron chi connectivity index (χ1n) is 9.43. The summed E-state index contributed by atoms with van der Waals surface area (Å²) in [6.07, 6.45) is 1.23. The number of halogens is 1. The van der Waals surface area contributed by atoms with Gasteiger partial charge in [0.25, 0.3) is 0 Å². The summed E-state index contributed by atoms with van der Waals surface area (Å²) in [5, 5.41) is 0.640. The predicted molar refractivity (Wildman–Crippen MR) is 112 cm³/mol. The van der Waals surface area contributed by atoms with E-state index >= 15 is 0 Å². The fraction of sp³-hybridized carbons (Fsp3) is 0.261. The van der Waals surface area contributed by atoms with E-state index in [0.29, 0.717) is 30.4 Å². The zero-order valence-electron chi connectivity index (χ0n) is 16.3. The van der Waals surface area contributed by atoms with E-state index in [2.05, 4.69) is 17.0 Å². The van der Waals surface area contributed by atoms with Gasteiger partial charge in [0.1, 0.15) is 24.2 Å². The number of furan rings is 1. The lowest BCUT2D eigenvalue weighted by atomic mass is 10.2. The highest BCUT2D eigenvalue weighted by molar-refractivity contribution is 6.30. The standard InChI is InChI=1S/C23H24ClNO4/c1-18(26)29-23(17-28-21-11-9-20(24)10-12-21)16-25(15-22-8-5-13-27-22)14-19-6-3-2-4-7-19/h2-13,23H,14-17H2,1H3/t23-/m1/s1. The zero-order valence-corrected chi connectivity index (χ0v) is 17.0. The van der Waals surface area contributed by atoms with Crippen molar-refractivity contribution in [3.8, 4) is 5.75 Å². The van der Waals surface area contributed by atoms with Crippen molar-refractivity contribution in [2.45, 2.75) is 26.1 Å².